The van der Waals surface area contributed by atoms with Gasteiger partial charge in [-0.15, -0.1) is 11.3 Å². The number of aryl methyl sites for hydroxylation is 2. The molecule has 0 spiro atoms. The molecule has 0 radical (unpaired) electrons. The van der Waals surface area contributed by atoms with Crippen LogP contribution in [0.5, 0.6) is 5.75 Å². The van der Waals surface area contributed by atoms with Gasteiger partial charge in [0.2, 0.25) is 0 Å². The largest absolute Gasteiger partial charge is 0.486 e. The van der Waals surface area contributed by atoms with Gasteiger partial charge in [-0.25, -0.2) is 9.37 Å². The second-order valence-corrected chi connectivity index (χ2v) is 6.26. The van der Waals surface area contributed by atoms with Gasteiger partial charge < -0.3 is 10.5 Å². The highest BCUT2D eigenvalue weighted by molar-refractivity contribution is 7.11. The molecule has 0 aliphatic heterocycles. The molecule has 0 bridgehead atoms. The third-order valence-corrected chi connectivity index (χ3v) is 4.03. The molecule has 3 nitrogen and oxygen atoms in total. The number of ether oxygens (including phenoxy) is 1. The van der Waals surface area contributed by atoms with Gasteiger partial charge in [0.1, 0.15) is 23.2 Å². The first-order valence-electron chi connectivity index (χ1n) is 6.55. The van der Waals surface area contributed by atoms with Gasteiger partial charge in [-0.2, -0.15) is 0 Å². The molecule has 1 unspecified atom stereocenters. The molecular weight excluding hydrogens is 275 g/mol. The summed E-state index contributed by atoms with van der Waals surface area (Å²) in [5.41, 5.74) is 7.61. The van der Waals surface area contributed by atoms with Crippen molar-refractivity contribution in [2.45, 2.75) is 39.8 Å². The normalized spacial score (nSPS) is 12.4. The molecule has 0 saturated heterocycles. The van der Waals surface area contributed by atoms with E-state index in [9.17, 15) is 4.39 Å². The molecule has 5 heteroatoms. The van der Waals surface area contributed by atoms with Gasteiger partial charge in [-0.3, -0.25) is 0 Å². The maximum absolute atomic E-state index is 13.3. The SMILES string of the molecule is Cc1nc(COc2ccc(F)cc2CC(C)N)sc1C. The first kappa shape index (κ1) is 14.9. The third kappa shape index (κ3) is 3.77. The van der Waals surface area contributed by atoms with Crippen molar-refractivity contribution < 1.29 is 9.13 Å². The lowest BCUT2D eigenvalue weighted by Crippen LogP contribution is -2.18. The van der Waals surface area contributed by atoms with Crippen LogP contribution in [0.15, 0.2) is 18.2 Å². The van der Waals surface area contributed by atoms with Crippen LogP contribution in [-0.4, -0.2) is 11.0 Å². The summed E-state index contributed by atoms with van der Waals surface area (Å²) in [5, 5.41) is 0.927. The van der Waals surface area contributed by atoms with Crippen LogP contribution in [0.2, 0.25) is 0 Å². The summed E-state index contributed by atoms with van der Waals surface area (Å²) < 4.78 is 19.1. The Bertz CT molecular complexity index is 576. The quantitative estimate of drug-likeness (QED) is 0.919. The molecular formula is C15H19FN2OS. The summed E-state index contributed by atoms with van der Waals surface area (Å²) in [4.78, 5) is 5.62. The molecule has 0 fully saturated rings. The molecule has 108 valence electrons. The van der Waals surface area contributed by atoms with Crippen LogP contribution in [0.25, 0.3) is 0 Å². The minimum atomic E-state index is -0.270. The molecule has 2 aromatic rings. The number of hydrogen-bond acceptors (Lipinski definition) is 4. The van der Waals surface area contributed by atoms with Crippen molar-refractivity contribution in [2.24, 2.45) is 5.73 Å². The van der Waals surface area contributed by atoms with Crippen molar-refractivity contribution in [3.63, 3.8) is 0 Å². The molecule has 2 rings (SSSR count). The molecule has 0 saturated carbocycles. The summed E-state index contributed by atoms with van der Waals surface area (Å²) in [6.45, 7) is 6.31. The maximum Gasteiger partial charge on any atom is 0.140 e. The zero-order valence-corrected chi connectivity index (χ0v) is 12.8. The number of rotatable bonds is 5. The topological polar surface area (TPSA) is 48.1 Å². The molecule has 1 atom stereocenters. The number of nitrogens with zero attached hydrogens (tertiary/aromatic N) is 1. The standard InChI is InChI=1S/C15H19FN2OS/c1-9(17)6-12-7-13(16)4-5-14(12)19-8-15-18-10(2)11(3)20-15/h4-5,7,9H,6,8,17H2,1-3H3. The van der Waals surface area contributed by atoms with Crippen LogP contribution >= 0.6 is 11.3 Å². The van der Waals surface area contributed by atoms with Gasteiger partial charge in [-0.05, 0) is 51.0 Å². The fourth-order valence-corrected chi connectivity index (χ4v) is 2.78. The molecule has 20 heavy (non-hydrogen) atoms. The van der Waals surface area contributed by atoms with Crippen LogP contribution in [-0.2, 0) is 13.0 Å². The second kappa shape index (κ2) is 6.33. The number of hydrogen-bond donors (Lipinski definition) is 1. The Morgan fingerprint density at radius 1 is 1.40 bits per heavy atom. The Hall–Kier alpha value is -1.46. The van der Waals surface area contributed by atoms with Crippen LogP contribution in [0, 0.1) is 19.7 Å². The molecule has 2 N–H and O–H groups in total. The molecule has 0 aliphatic carbocycles. The summed E-state index contributed by atoms with van der Waals surface area (Å²) in [7, 11) is 0. The predicted molar refractivity (Wildman–Crippen MR) is 79.7 cm³/mol. The van der Waals surface area contributed by atoms with Crippen LogP contribution in [0.1, 0.15) is 28.1 Å². The molecule has 0 aliphatic rings. The van der Waals surface area contributed by atoms with Gasteiger partial charge >= 0.3 is 0 Å². The Morgan fingerprint density at radius 3 is 2.75 bits per heavy atom. The van der Waals surface area contributed by atoms with E-state index in [1.165, 1.54) is 17.0 Å². The van der Waals surface area contributed by atoms with Crippen molar-refractivity contribution >= 4 is 11.3 Å². The van der Waals surface area contributed by atoms with Gasteiger partial charge in [0, 0.05) is 10.9 Å². The van der Waals surface area contributed by atoms with Gasteiger partial charge in [0.05, 0.1) is 5.69 Å². The summed E-state index contributed by atoms with van der Waals surface area (Å²) in [6, 6.07) is 4.50. The summed E-state index contributed by atoms with van der Waals surface area (Å²) in [6.07, 6.45) is 0.586. The highest BCUT2D eigenvalue weighted by atomic mass is 32.1. The maximum atomic E-state index is 13.3. The molecule has 1 heterocycles. The number of thiazole rings is 1. The average molecular weight is 294 g/mol. The highest BCUT2D eigenvalue weighted by Gasteiger charge is 2.10. The minimum Gasteiger partial charge on any atom is -0.486 e. The Labute approximate surface area is 122 Å². The Balaban J connectivity index is 2.12. The first-order valence-corrected chi connectivity index (χ1v) is 7.37. The van der Waals surface area contributed by atoms with E-state index in [1.807, 2.05) is 20.8 Å². The van der Waals surface area contributed by atoms with Crippen LogP contribution in [0.4, 0.5) is 4.39 Å². The average Bonchev–Trinajstić information content (AvgIpc) is 2.67. The lowest BCUT2D eigenvalue weighted by atomic mass is 10.1. The zero-order valence-electron chi connectivity index (χ0n) is 11.9. The minimum absolute atomic E-state index is 0.0384. The smallest absolute Gasteiger partial charge is 0.140 e. The van der Waals surface area contributed by atoms with E-state index in [1.54, 1.807) is 17.4 Å². The lowest BCUT2D eigenvalue weighted by molar-refractivity contribution is 0.301. The van der Waals surface area contributed by atoms with Crippen molar-refractivity contribution in [1.82, 2.24) is 4.98 Å². The van der Waals surface area contributed by atoms with Crippen molar-refractivity contribution in [1.29, 1.82) is 0 Å². The number of benzene rings is 1. The van der Waals surface area contributed by atoms with E-state index >= 15 is 0 Å². The van der Waals surface area contributed by atoms with Crippen LogP contribution < -0.4 is 10.5 Å². The van der Waals surface area contributed by atoms with E-state index in [0.717, 1.165) is 16.3 Å². The monoisotopic (exact) mass is 294 g/mol. The number of aromatic nitrogens is 1. The third-order valence-electron chi connectivity index (χ3n) is 2.99. The van der Waals surface area contributed by atoms with E-state index in [4.69, 9.17) is 10.5 Å². The second-order valence-electron chi connectivity index (χ2n) is 4.97. The van der Waals surface area contributed by atoms with E-state index in [-0.39, 0.29) is 11.9 Å². The first-order chi connectivity index (χ1) is 9.45. The van der Waals surface area contributed by atoms with Gasteiger partial charge in [0.25, 0.3) is 0 Å². The van der Waals surface area contributed by atoms with E-state index in [2.05, 4.69) is 4.98 Å². The Morgan fingerprint density at radius 2 is 2.15 bits per heavy atom. The fourth-order valence-electron chi connectivity index (χ4n) is 1.94. The van der Waals surface area contributed by atoms with E-state index < -0.39 is 0 Å². The van der Waals surface area contributed by atoms with Gasteiger partial charge in [-0.1, -0.05) is 0 Å². The summed E-state index contributed by atoms with van der Waals surface area (Å²) in [5.74, 6) is 0.406. The fraction of sp³-hybridized carbons (Fsp3) is 0.400. The lowest BCUT2D eigenvalue weighted by Gasteiger charge is -2.12. The van der Waals surface area contributed by atoms with Crippen molar-refractivity contribution in [2.75, 3.05) is 0 Å². The van der Waals surface area contributed by atoms with E-state index in [0.29, 0.717) is 18.8 Å². The Kier molecular flexibility index (Phi) is 4.73. The highest BCUT2D eigenvalue weighted by Crippen LogP contribution is 2.24. The summed E-state index contributed by atoms with van der Waals surface area (Å²) >= 11 is 1.62. The number of halogens is 1. The molecule has 1 aromatic carbocycles. The van der Waals surface area contributed by atoms with Gasteiger partial charge in [0.15, 0.2) is 0 Å². The predicted octanol–water partition coefficient (Wildman–Crippen LogP) is 3.37. The molecule has 1 aromatic heterocycles. The number of nitrogens with two attached hydrogens (primary N) is 1. The van der Waals surface area contributed by atoms with Crippen molar-refractivity contribution in [3.05, 3.63) is 45.2 Å². The van der Waals surface area contributed by atoms with Crippen LogP contribution in [0.3, 0.4) is 0 Å². The zero-order chi connectivity index (χ0) is 14.7. The molecule has 0 amide bonds. The van der Waals surface area contributed by atoms with Crippen molar-refractivity contribution in [3.8, 4) is 5.75 Å².